The van der Waals surface area contributed by atoms with E-state index in [1.807, 2.05) is 19.1 Å². The maximum absolute atomic E-state index is 13.0. The molecule has 3 aromatic rings. The zero-order valence-electron chi connectivity index (χ0n) is 14.3. The summed E-state index contributed by atoms with van der Waals surface area (Å²) in [4.78, 5) is 32.2. The van der Waals surface area contributed by atoms with Gasteiger partial charge in [0.05, 0.1) is 5.39 Å². The molecule has 1 aliphatic carbocycles. The van der Waals surface area contributed by atoms with E-state index in [-0.39, 0.29) is 11.5 Å². The molecule has 0 radical (unpaired) electrons. The van der Waals surface area contributed by atoms with E-state index in [2.05, 4.69) is 10.4 Å². The van der Waals surface area contributed by atoms with Gasteiger partial charge in [-0.1, -0.05) is 17.7 Å². The molecule has 0 unspecified atom stereocenters. The van der Waals surface area contributed by atoms with Crippen molar-refractivity contribution in [2.24, 2.45) is 0 Å². The van der Waals surface area contributed by atoms with Crippen molar-refractivity contribution < 1.29 is 4.79 Å². The lowest BCUT2D eigenvalue weighted by atomic mass is 9.97. The lowest BCUT2D eigenvalue weighted by Gasteiger charge is -2.13. The molecule has 0 bridgehead atoms. The largest absolute Gasteiger partial charge is 0.281 e. The van der Waals surface area contributed by atoms with Gasteiger partial charge in [-0.15, -0.1) is 11.3 Å². The average Bonchev–Trinajstić information content (AvgIpc) is 2.96. The van der Waals surface area contributed by atoms with E-state index < -0.39 is 0 Å². The Balaban J connectivity index is 1.79. The van der Waals surface area contributed by atoms with Gasteiger partial charge in [-0.05, 0) is 57.2 Å². The van der Waals surface area contributed by atoms with E-state index in [4.69, 9.17) is 0 Å². The van der Waals surface area contributed by atoms with Crippen LogP contribution in [0.5, 0.6) is 0 Å². The molecule has 1 N–H and O–H groups in total. The van der Waals surface area contributed by atoms with E-state index in [1.165, 1.54) is 9.55 Å². The molecule has 128 valence electrons. The first-order valence-corrected chi connectivity index (χ1v) is 9.28. The molecular weight excluding hydrogens is 334 g/mol. The van der Waals surface area contributed by atoms with E-state index in [1.54, 1.807) is 30.4 Å². The van der Waals surface area contributed by atoms with Crippen LogP contribution in [0.25, 0.3) is 10.2 Å². The lowest BCUT2D eigenvalue weighted by molar-refractivity contribution is 0.101. The fourth-order valence-corrected chi connectivity index (χ4v) is 4.69. The minimum absolute atomic E-state index is 0.178. The third kappa shape index (κ3) is 2.76. The summed E-state index contributed by atoms with van der Waals surface area (Å²) in [6.45, 7) is 3.68. The number of aryl methyl sites for hydroxylation is 4. The standard InChI is InChI=1S/C19H19N3O2S/c1-11-6-5-7-13(10-11)17(23)21-22-12(2)20-18-16(19(22)24)14-8-3-4-9-15(14)25-18/h5-7,10H,3-4,8-9H2,1-2H3,(H,21,23). The molecule has 0 spiro atoms. The number of aromatic nitrogens is 2. The number of carbonyl (C=O) groups excluding carboxylic acids is 1. The normalized spacial score (nSPS) is 13.7. The summed E-state index contributed by atoms with van der Waals surface area (Å²) < 4.78 is 1.29. The van der Waals surface area contributed by atoms with Crippen molar-refractivity contribution in [3.8, 4) is 0 Å². The monoisotopic (exact) mass is 353 g/mol. The van der Waals surface area contributed by atoms with Gasteiger partial charge in [-0.2, -0.15) is 0 Å². The maximum Gasteiger partial charge on any atom is 0.281 e. The number of carbonyl (C=O) groups is 1. The van der Waals surface area contributed by atoms with E-state index >= 15 is 0 Å². The Labute approximate surface area is 149 Å². The Hall–Kier alpha value is -2.47. The molecule has 5 nitrogen and oxygen atoms in total. The number of benzene rings is 1. The Bertz CT molecular complexity index is 1050. The Morgan fingerprint density at radius 2 is 2.04 bits per heavy atom. The van der Waals surface area contributed by atoms with Crippen LogP contribution in [0.2, 0.25) is 0 Å². The van der Waals surface area contributed by atoms with Gasteiger partial charge in [0, 0.05) is 10.4 Å². The average molecular weight is 353 g/mol. The predicted octanol–water partition coefficient (Wildman–Crippen LogP) is 3.34. The Morgan fingerprint density at radius 1 is 1.24 bits per heavy atom. The van der Waals surface area contributed by atoms with E-state index in [0.717, 1.165) is 41.6 Å². The highest BCUT2D eigenvalue weighted by molar-refractivity contribution is 7.18. The Kier molecular flexibility index (Phi) is 3.92. The third-order valence-corrected chi connectivity index (χ3v) is 5.84. The van der Waals surface area contributed by atoms with Gasteiger partial charge < -0.3 is 0 Å². The minimum Gasteiger partial charge on any atom is -0.267 e. The second-order valence-corrected chi connectivity index (χ2v) is 7.58. The number of hydrogen-bond donors (Lipinski definition) is 1. The first-order valence-electron chi connectivity index (χ1n) is 8.46. The lowest BCUT2D eigenvalue weighted by Crippen LogP contribution is -2.35. The van der Waals surface area contributed by atoms with Crippen molar-refractivity contribution in [1.82, 2.24) is 9.66 Å². The van der Waals surface area contributed by atoms with Crippen LogP contribution in [0.3, 0.4) is 0 Å². The molecule has 1 amide bonds. The van der Waals surface area contributed by atoms with Gasteiger partial charge in [-0.3, -0.25) is 15.0 Å². The number of nitrogens with zero attached hydrogens (tertiary/aromatic N) is 2. The molecule has 1 aliphatic rings. The highest BCUT2D eigenvalue weighted by atomic mass is 32.1. The van der Waals surface area contributed by atoms with Gasteiger partial charge in [-0.25, -0.2) is 9.66 Å². The fraction of sp³-hybridized carbons (Fsp3) is 0.316. The number of nitrogens with one attached hydrogen (secondary N) is 1. The number of thiophene rings is 1. The van der Waals surface area contributed by atoms with Crippen LogP contribution < -0.4 is 11.0 Å². The second-order valence-electron chi connectivity index (χ2n) is 6.50. The molecule has 1 aromatic carbocycles. The SMILES string of the molecule is Cc1cccc(C(=O)Nn2c(C)nc3sc4c(c3c2=O)CCCC4)c1. The highest BCUT2D eigenvalue weighted by Crippen LogP contribution is 2.33. The van der Waals surface area contributed by atoms with Crippen LogP contribution in [-0.4, -0.2) is 15.6 Å². The summed E-state index contributed by atoms with van der Waals surface area (Å²) >= 11 is 1.62. The van der Waals surface area contributed by atoms with Crippen molar-refractivity contribution in [3.63, 3.8) is 0 Å². The topological polar surface area (TPSA) is 64.0 Å². The molecule has 0 saturated heterocycles. The zero-order chi connectivity index (χ0) is 17.6. The van der Waals surface area contributed by atoms with Gasteiger partial charge in [0.1, 0.15) is 10.7 Å². The van der Waals surface area contributed by atoms with Crippen molar-refractivity contribution >= 4 is 27.5 Å². The fourth-order valence-electron chi connectivity index (χ4n) is 3.39. The van der Waals surface area contributed by atoms with Gasteiger partial charge in [0.15, 0.2) is 0 Å². The van der Waals surface area contributed by atoms with Gasteiger partial charge >= 0.3 is 0 Å². The van der Waals surface area contributed by atoms with Crippen LogP contribution >= 0.6 is 11.3 Å². The molecule has 0 fully saturated rings. The van der Waals surface area contributed by atoms with Crippen LogP contribution in [0.4, 0.5) is 0 Å². The van der Waals surface area contributed by atoms with Crippen LogP contribution in [-0.2, 0) is 12.8 Å². The number of rotatable bonds is 2. The van der Waals surface area contributed by atoms with Crippen molar-refractivity contribution in [2.45, 2.75) is 39.5 Å². The summed E-state index contributed by atoms with van der Waals surface area (Å²) in [6, 6.07) is 7.30. The molecular formula is C19H19N3O2S. The molecule has 2 heterocycles. The van der Waals surface area contributed by atoms with Crippen molar-refractivity contribution in [1.29, 1.82) is 0 Å². The predicted molar refractivity (Wildman–Crippen MR) is 100 cm³/mol. The smallest absolute Gasteiger partial charge is 0.267 e. The van der Waals surface area contributed by atoms with Gasteiger partial charge in [0.25, 0.3) is 11.5 Å². The van der Waals surface area contributed by atoms with Crippen LogP contribution in [0.1, 0.15) is 45.0 Å². The summed E-state index contributed by atoms with van der Waals surface area (Å²) in [7, 11) is 0. The Morgan fingerprint density at radius 3 is 2.84 bits per heavy atom. The summed E-state index contributed by atoms with van der Waals surface area (Å²) in [5.74, 6) is 0.191. The van der Waals surface area contributed by atoms with Crippen LogP contribution in [0, 0.1) is 13.8 Å². The number of hydrogen-bond acceptors (Lipinski definition) is 4. The molecule has 0 saturated carbocycles. The molecule has 4 rings (SSSR count). The second kappa shape index (κ2) is 6.11. The summed E-state index contributed by atoms with van der Waals surface area (Å²) in [6.07, 6.45) is 4.20. The summed E-state index contributed by atoms with van der Waals surface area (Å²) in [5.41, 5.74) is 5.19. The van der Waals surface area contributed by atoms with Gasteiger partial charge in [0.2, 0.25) is 0 Å². The minimum atomic E-state index is -0.306. The van der Waals surface area contributed by atoms with Crippen molar-refractivity contribution in [3.05, 3.63) is 62.0 Å². The van der Waals surface area contributed by atoms with Crippen LogP contribution in [0.15, 0.2) is 29.1 Å². The summed E-state index contributed by atoms with van der Waals surface area (Å²) in [5, 5.41) is 0.676. The first kappa shape index (κ1) is 16.0. The first-order chi connectivity index (χ1) is 12.0. The highest BCUT2D eigenvalue weighted by Gasteiger charge is 2.22. The molecule has 2 aromatic heterocycles. The van der Waals surface area contributed by atoms with E-state index in [9.17, 15) is 9.59 Å². The molecule has 6 heteroatoms. The quantitative estimate of drug-likeness (QED) is 0.768. The molecule has 0 aliphatic heterocycles. The number of amides is 1. The van der Waals surface area contributed by atoms with E-state index in [0.29, 0.717) is 16.8 Å². The maximum atomic E-state index is 13.0. The van der Waals surface area contributed by atoms with Crippen molar-refractivity contribution in [2.75, 3.05) is 5.43 Å². The molecule has 25 heavy (non-hydrogen) atoms. The third-order valence-electron chi connectivity index (χ3n) is 4.65. The zero-order valence-corrected chi connectivity index (χ0v) is 15.1. The molecule has 0 atom stereocenters. The number of fused-ring (bicyclic) bond motifs is 3.